The molecule has 10 nitrogen and oxygen atoms in total. The molecule has 2 aliphatic rings. The molecular formula is C22H23F3N8O2S. The van der Waals surface area contributed by atoms with Gasteiger partial charge in [0.2, 0.25) is 10.3 Å². The van der Waals surface area contributed by atoms with Crippen molar-refractivity contribution >= 4 is 39.0 Å². The van der Waals surface area contributed by atoms with Crippen molar-refractivity contribution in [2.24, 2.45) is 0 Å². The van der Waals surface area contributed by atoms with E-state index in [2.05, 4.69) is 35.9 Å². The van der Waals surface area contributed by atoms with Gasteiger partial charge in [0, 0.05) is 32.4 Å². The van der Waals surface area contributed by atoms with Crippen molar-refractivity contribution in [2.75, 3.05) is 53.7 Å². The van der Waals surface area contributed by atoms with Crippen LogP contribution in [0.5, 0.6) is 0 Å². The van der Waals surface area contributed by atoms with Crippen LogP contribution >= 0.6 is 11.3 Å². The summed E-state index contributed by atoms with van der Waals surface area (Å²) in [7, 11) is 1.33. The van der Waals surface area contributed by atoms with Crippen molar-refractivity contribution < 1.29 is 22.7 Å². The summed E-state index contributed by atoms with van der Waals surface area (Å²) < 4.78 is 46.1. The molecule has 2 fully saturated rings. The van der Waals surface area contributed by atoms with Crippen molar-refractivity contribution in [1.82, 2.24) is 20.4 Å². The predicted molar refractivity (Wildman–Crippen MR) is 128 cm³/mol. The van der Waals surface area contributed by atoms with E-state index < -0.39 is 36.8 Å². The Morgan fingerprint density at radius 2 is 2.00 bits per heavy atom. The molecule has 0 radical (unpaired) electrons. The van der Waals surface area contributed by atoms with Crippen molar-refractivity contribution in [3.05, 3.63) is 47.9 Å². The van der Waals surface area contributed by atoms with Gasteiger partial charge in [0.05, 0.1) is 18.8 Å². The summed E-state index contributed by atoms with van der Waals surface area (Å²) in [6, 6.07) is 7.76. The zero-order chi connectivity index (χ0) is 25.3. The van der Waals surface area contributed by atoms with Crippen LogP contribution in [0.25, 0.3) is 0 Å². The fourth-order valence-corrected chi connectivity index (χ4v) is 4.96. The summed E-state index contributed by atoms with van der Waals surface area (Å²) in [4.78, 5) is 16.2. The number of benzene rings is 1. The highest BCUT2D eigenvalue weighted by Gasteiger charge is 2.45. The number of carbonyl (C=O) groups is 1. The van der Waals surface area contributed by atoms with Crippen molar-refractivity contribution in [2.45, 2.75) is 24.5 Å². The third-order valence-corrected chi connectivity index (χ3v) is 6.75. The van der Waals surface area contributed by atoms with Gasteiger partial charge in [-0.05, 0) is 36.2 Å². The predicted octanol–water partition coefficient (Wildman–Crippen LogP) is 2.94. The van der Waals surface area contributed by atoms with Crippen LogP contribution in [-0.4, -0.2) is 71.6 Å². The average molecular weight is 521 g/mol. The summed E-state index contributed by atoms with van der Waals surface area (Å²) in [5, 5.41) is 22.9. The summed E-state index contributed by atoms with van der Waals surface area (Å²) >= 11 is 1.17. The van der Waals surface area contributed by atoms with Crippen molar-refractivity contribution in [1.29, 1.82) is 0 Å². The van der Waals surface area contributed by atoms with E-state index in [1.807, 2.05) is 12.1 Å². The Morgan fingerprint density at radius 1 is 1.19 bits per heavy atom. The Morgan fingerprint density at radius 3 is 2.72 bits per heavy atom. The third-order valence-electron chi connectivity index (χ3n) is 5.99. The van der Waals surface area contributed by atoms with Crippen molar-refractivity contribution in [3.8, 4) is 0 Å². The monoisotopic (exact) mass is 520 g/mol. The molecule has 0 spiro atoms. The van der Waals surface area contributed by atoms with E-state index in [4.69, 9.17) is 4.74 Å². The van der Waals surface area contributed by atoms with Crippen LogP contribution in [0.4, 0.5) is 34.9 Å². The molecule has 2 N–H and O–H groups in total. The van der Waals surface area contributed by atoms with Crippen LogP contribution in [0.15, 0.2) is 36.5 Å². The number of rotatable bonds is 8. The van der Waals surface area contributed by atoms with E-state index in [9.17, 15) is 18.0 Å². The van der Waals surface area contributed by atoms with Crippen LogP contribution in [0.2, 0.25) is 0 Å². The molecule has 0 aliphatic carbocycles. The number of carbonyl (C=O) groups excluding carboxylic acids is 1. The number of hydrogen-bond donors (Lipinski definition) is 2. The molecule has 2 atom stereocenters. The second-order valence-electron chi connectivity index (χ2n) is 8.60. The Balaban J connectivity index is 1.20. The Labute approximate surface area is 208 Å². The highest BCUT2D eigenvalue weighted by Crippen LogP contribution is 2.35. The standard InChI is InChI=1S/C22H23F3N8O2S/c1-35-18(13-4-5-15(23)16(9-13)33-11-22(24,25)12-33)19(34)28-21-31-30-20(36-21)27-14-6-8-32(10-14)17-3-2-7-26-29-17/h2-5,7,9,14,18H,6,8,10-12H2,1H3,(H,27,30)(H,28,31,34)/t14-,18?/m1/s1. The lowest BCUT2D eigenvalue weighted by Crippen LogP contribution is -2.56. The number of amides is 1. The lowest BCUT2D eigenvalue weighted by atomic mass is 10.0. The SMILES string of the molecule is COC(C(=O)Nc1nnc(N[C@@H]2CCN(c3cccnn3)C2)s1)c1ccc(F)c(N2CC(F)(F)C2)c1. The maximum atomic E-state index is 14.2. The van der Waals surface area contributed by atoms with E-state index >= 15 is 0 Å². The summed E-state index contributed by atoms with van der Waals surface area (Å²) in [5.74, 6) is -3.23. The van der Waals surface area contributed by atoms with Gasteiger partial charge in [-0.25, -0.2) is 13.2 Å². The largest absolute Gasteiger partial charge is 0.367 e. The molecule has 1 unspecified atom stereocenters. The molecule has 2 aliphatic heterocycles. The first kappa shape index (κ1) is 24.2. The summed E-state index contributed by atoms with van der Waals surface area (Å²) in [6.45, 7) is 0.398. The van der Waals surface area contributed by atoms with Crippen LogP contribution < -0.4 is 20.4 Å². The molecule has 5 rings (SSSR count). The number of ether oxygens (including phenoxy) is 1. The minimum absolute atomic E-state index is 0.00256. The zero-order valence-electron chi connectivity index (χ0n) is 19.2. The number of anilines is 4. The molecule has 190 valence electrons. The molecule has 1 amide bonds. The van der Waals surface area contributed by atoms with Gasteiger partial charge in [0.15, 0.2) is 11.9 Å². The van der Waals surface area contributed by atoms with Crippen LogP contribution in [0.1, 0.15) is 18.1 Å². The number of methoxy groups -OCH3 is 1. The number of hydrogen-bond acceptors (Lipinski definition) is 10. The first-order chi connectivity index (χ1) is 17.3. The van der Waals surface area contributed by atoms with Gasteiger partial charge in [0.25, 0.3) is 11.8 Å². The third kappa shape index (κ3) is 5.18. The number of aromatic nitrogens is 4. The van der Waals surface area contributed by atoms with Gasteiger partial charge in [-0.3, -0.25) is 10.1 Å². The van der Waals surface area contributed by atoms with Gasteiger partial charge in [-0.1, -0.05) is 17.4 Å². The smallest absolute Gasteiger partial charge is 0.282 e. The van der Waals surface area contributed by atoms with Crippen molar-refractivity contribution in [3.63, 3.8) is 0 Å². The Kier molecular flexibility index (Phi) is 6.62. The maximum absolute atomic E-state index is 14.2. The molecule has 36 heavy (non-hydrogen) atoms. The van der Waals surface area contributed by atoms with E-state index in [0.29, 0.717) is 10.7 Å². The minimum atomic E-state index is -2.85. The number of nitrogens with one attached hydrogen (secondary N) is 2. The fraction of sp³-hybridized carbons (Fsp3) is 0.409. The summed E-state index contributed by atoms with van der Waals surface area (Å²) in [6.07, 6.45) is 1.41. The van der Waals surface area contributed by atoms with Crippen LogP contribution in [0.3, 0.4) is 0 Å². The maximum Gasteiger partial charge on any atom is 0.282 e. The lowest BCUT2D eigenvalue weighted by Gasteiger charge is -2.40. The lowest BCUT2D eigenvalue weighted by molar-refractivity contribution is -0.126. The fourth-order valence-electron chi connectivity index (χ4n) is 4.24. The van der Waals surface area contributed by atoms with Gasteiger partial charge >= 0.3 is 0 Å². The minimum Gasteiger partial charge on any atom is -0.367 e. The molecular weight excluding hydrogens is 497 g/mol. The molecule has 2 saturated heterocycles. The number of alkyl halides is 2. The van der Waals surface area contributed by atoms with Crippen LogP contribution in [0, 0.1) is 5.82 Å². The van der Waals surface area contributed by atoms with Gasteiger partial charge < -0.3 is 19.9 Å². The summed E-state index contributed by atoms with van der Waals surface area (Å²) in [5.41, 5.74) is 0.335. The average Bonchev–Trinajstić information content (AvgIpc) is 3.49. The molecule has 0 bridgehead atoms. The highest BCUT2D eigenvalue weighted by atomic mass is 32.1. The quantitative estimate of drug-likeness (QED) is 0.463. The zero-order valence-corrected chi connectivity index (χ0v) is 20.0. The van der Waals surface area contributed by atoms with E-state index in [1.165, 1.54) is 35.5 Å². The topological polar surface area (TPSA) is 108 Å². The second-order valence-corrected chi connectivity index (χ2v) is 9.58. The highest BCUT2D eigenvalue weighted by molar-refractivity contribution is 7.19. The molecule has 2 aromatic heterocycles. The second kappa shape index (κ2) is 9.85. The Hall–Kier alpha value is -3.52. The van der Waals surface area contributed by atoms with E-state index in [1.54, 1.807) is 6.20 Å². The molecule has 3 aromatic rings. The first-order valence-electron chi connectivity index (χ1n) is 11.2. The van der Waals surface area contributed by atoms with Gasteiger partial charge in [-0.2, -0.15) is 5.10 Å². The van der Waals surface area contributed by atoms with E-state index in [0.717, 1.165) is 31.4 Å². The van der Waals surface area contributed by atoms with E-state index in [-0.39, 0.29) is 16.9 Å². The molecule has 4 heterocycles. The molecule has 14 heteroatoms. The normalized spacial score (nSPS) is 19.6. The first-order valence-corrected chi connectivity index (χ1v) is 12.0. The molecule has 1 aromatic carbocycles. The van der Waals surface area contributed by atoms with Gasteiger partial charge in [-0.15, -0.1) is 15.3 Å². The molecule has 0 saturated carbocycles. The van der Waals surface area contributed by atoms with Gasteiger partial charge in [0.1, 0.15) is 5.82 Å². The number of nitrogens with zero attached hydrogens (tertiary/aromatic N) is 6. The number of halogens is 3. The Bertz CT molecular complexity index is 1220. The van der Waals surface area contributed by atoms with Crippen LogP contribution in [-0.2, 0) is 9.53 Å².